The van der Waals surface area contributed by atoms with Gasteiger partial charge in [-0.1, -0.05) is 47.5 Å². The number of urea groups is 1. The highest BCUT2D eigenvalue weighted by molar-refractivity contribution is 6.30. The van der Waals surface area contributed by atoms with Crippen LogP contribution in [0.2, 0.25) is 10.0 Å². The van der Waals surface area contributed by atoms with Gasteiger partial charge in [-0.2, -0.15) is 0 Å². The summed E-state index contributed by atoms with van der Waals surface area (Å²) in [5.74, 6) is -0.616. The molecular weight excluding hydrogens is 505 g/mol. The van der Waals surface area contributed by atoms with E-state index in [1.165, 1.54) is 12.0 Å². The first-order chi connectivity index (χ1) is 17.0. The van der Waals surface area contributed by atoms with Crippen LogP contribution in [-0.4, -0.2) is 71.2 Å². The normalized spacial score (nSPS) is 15.9. The number of rotatable bonds is 5. The Bertz CT molecular complexity index is 1060. The number of carbonyl (C=O) groups is 3. The molecule has 0 aromatic heterocycles. The van der Waals surface area contributed by atoms with Gasteiger partial charge >= 0.3 is 18.1 Å². The van der Waals surface area contributed by atoms with Gasteiger partial charge in [-0.3, -0.25) is 4.90 Å². The summed E-state index contributed by atoms with van der Waals surface area (Å²) in [7, 11) is 1.25. The highest BCUT2D eigenvalue weighted by Crippen LogP contribution is 2.21. The van der Waals surface area contributed by atoms with Crippen molar-refractivity contribution in [1.82, 2.24) is 14.7 Å². The summed E-state index contributed by atoms with van der Waals surface area (Å²) in [6.45, 7) is 6.17. The van der Waals surface area contributed by atoms with Gasteiger partial charge in [-0.15, -0.1) is 0 Å². The second-order valence-electron chi connectivity index (χ2n) is 9.56. The molecule has 1 aliphatic rings. The highest BCUT2D eigenvalue weighted by atomic mass is 35.5. The number of hydrogen-bond acceptors (Lipinski definition) is 5. The van der Waals surface area contributed by atoms with Gasteiger partial charge in [0.15, 0.2) is 6.04 Å². The molecule has 2 aromatic carbocycles. The molecular formula is C26H31Cl2N3O5. The van der Waals surface area contributed by atoms with Crippen LogP contribution in [0.25, 0.3) is 0 Å². The van der Waals surface area contributed by atoms with Crippen LogP contribution in [0.5, 0.6) is 0 Å². The van der Waals surface area contributed by atoms with Crippen molar-refractivity contribution in [2.24, 2.45) is 0 Å². The average molecular weight is 536 g/mol. The number of amides is 3. The summed E-state index contributed by atoms with van der Waals surface area (Å²) >= 11 is 12.3. The molecule has 194 valence electrons. The zero-order valence-corrected chi connectivity index (χ0v) is 22.4. The van der Waals surface area contributed by atoms with Crippen LogP contribution >= 0.6 is 23.2 Å². The Labute approximate surface area is 221 Å². The summed E-state index contributed by atoms with van der Waals surface area (Å²) in [6, 6.07) is 13.3. The van der Waals surface area contributed by atoms with E-state index in [4.69, 9.17) is 32.7 Å². The minimum absolute atomic E-state index is 0.0215. The van der Waals surface area contributed by atoms with Crippen molar-refractivity contribution in [3.05, 3.63) is 69.7 Å². The van der Waals surface area contributed by atoms with Gasteiger partial charge in [-0.25, -0.2) is 14.4 Å². The van der Waals surface area contributed by atoms with Crippen LogP contribution in [0.1, 0.15) is 31.9 Å². The van der Waals surface area contributed by atoms with E-state index in [9.17, 15) is 14.4 Å². The molecule has 0 radical (unpaired) electrons. The molecule has 1 saturated heterocycles. The minimum atomic E-state index is -0.985. The van der Waals surface area contributed by atoms with E-state index in [-0.39, 0.29) is 25.7 Å². The van der Waals surface area contributed by atoms with E-state index < -0.39 is 23.7 Å². The molecule has 0 aliphatic carbocycles. The molecule has 0 spiro atoms. The van der Waals surface area contributed by atoms with Gasteiger partial charge in [0, 0.05) is 36.2 Å². The first-order valence-electron chi connectivity index (χ1n) is 11.6. The van der Waals surface area contributed by atoms with Crippen molar-refractivity contribution in [3.8, 4) is 0 Å². The Balaban J connectivity index is 1.84. The molecule has 0 saturated carbocycles. The van der Waals surface area contributed by atoms with Crippen molar-refractivity contribution >= 4 is 41.3 Å². The first kappa shape index (κ1) is 27.6. The van der Waals surface area contributed by atoms with Gasteiger partial charge in [0.2, 0.25) is 0 Å². The first-order valence-corrected chi connectivity index (χ1v) is 12.3. The fraction of sp³-hybridized carbons (Fsp3) is 0.423. The molecule has 3 rings (SSSR count). The van der Waals surface area contributed by atoms with Crippen LogP contribution in [-0.2, 0) is 27.4 Å². The SMILES string of the molecule is COC(=O)[C@H]1CN(C(=O)N(Cc2cccc(Cl)c2)Cc2cccc(Cl)c2)CCN1C(=O)OC(C)(C)C. The molecule has 0 bridgehead atoms. The number of nitrogens with zero attached hydrogens (tertiary/aromatic N) is 3. The third-order valence-electron chi connectivity index (χ3n) is 5.55. The molecule has 0 N–H and O–H groups in total. The summed E-state index contributed by atoms with van der Waals surface area (Å²) < 4.78 is 10.4. The number of esters is 1. The summed E-state index contributed by atoms with van der Waals surface area (Å²) in [5, 5.41) is 1.14. The van der Waals surface area contributed by atoms with Crippen molar-refractivity contribution in [1.29, 1.82) is 0 Å². The predicted molar refractivity (Wildman–Crippen MR) is 138 cm³/mol. The Morgan fingerprint density at radius 3 is 2.00 bits per heavy atom. The molecule has 3 amide bonds. The number of carbonyl (C=O) groups excluding carboxylic acids is 3. The third-order valence-corrected chi connectivity index (χ3v) is 6.02. The molecule has 36 heavy (non-hydrogen) atoms. The van der Waals surface area contributed by atoms with Crippen molar-refractivity contribution < 1.29 is 23.9 Å². The van der Waals surface area contributed by atoms with Crippen LogP contribution in [0.15, 0.2) is 48.5 Å². The zero-order chi connectivity index (χ0) is 26.5. The number of methoxy groups -OCH3 is 1. The molecule has 0 unspecified atom stereocenters. The van der Waals surface area contributed by atoms with Crippen LogP contribution < -0.4 is 0 Å². The maximum absolute atomic E-state index is 13.7. The molecule has 2 aromatic rings. The number of ether oxygens (including phenoxy) is 2. The number of piperazine rings is 1. The molecule has 8 nitrogen and oxygen atoms in total. The Morgan fingerprint density at radius 2 is 1.53 bits per heavy atom. The molecule has 1 fully saturated rings. The second kappa shape index (κ2) is 11.8. The van der Waals surface area contributed by atoms with Gasteiger partial charge < -0.3 is 19.3 Å². The lowest BCUT2D eigenvalue weighted by Gasteiger charge is -2.41. The molecule has 1 aliphatic heterocycles. The standard InChI is InChI=1S/C26H31Cl2N3O5/c1-26(2,3)36-25(34)31-12-11-29(17-22(31)23(32)35-4)24(33)30(15-18-7-5-9-20(27)13-18)16-19-8-6-10-21(28)14-19/h5-10,13-14,22H,11-12,15-17H2,1-4H3/t22-/m1/s1. The van der Waals surface area contributed by atoms with Gasteiger partial charge in [-0.05, 0) is 56.2 Å². The number of benzene rings is 2. The largest absolute Gasteiger partial charge is 0.467 e. The van der Waals surface area contributed by atoms with Crippen LogP contribution in [0.3, 0.4) is 0 Å². The lowest BCUT2D eigenvalue weighted by molar-refractivity contribution is -0.148. The minimum Gasteiger partial charge on any atom is -0.467 e. The van der Waals surface area contributed by atoms with Gasteiger partial charge in [0.05, 0.1) is 13.7 Å². The van der Waals surface area contributed by atoms with E-state index in [2.05, 4.69) is 0 Å². The highest BCUT2D eigenvalue weighted by Gasteiger charge is 2.40. The summed E-state index contributed by atoms with van der Waals surface area (Å²) in [6.07, 6.45) is -0.625. The Hall–Kier alpha value is -2.97. The maximum Gasteiger partial charge on any atom is 0.411 e. The number of hydrogen-bond donors (Lipinski definition) is 0. The van der Waals surface area contributed by atoms with E-state index in [1.807, 2.05) is 24.3 Å². The molecule has 1 atom stereocenters. The van der Waals surface area contributed by atoms with Gasteiger partial charge in [0.1, 0.15) is 5.60 Å². The molecule has 10 heteroatoms. The third kappa shape index (κ3) is 7.51. The molecule has 1 heterocycles. The monoisotopic (exact) mass is 535 g/mol. The number of halogens is 2. The second-order valence-corrected chi connectivity index (χ2v) is 10.4. The fourth-order valence-corrected chi connectivity index (χ4v) is 4.36. The van der Waals surface area contributed by atoms with Crippen LogP contribution in [0, 0.1) is 0 Å². The summed E-state index contributed by atoms with van der Waals surface area (Å²) in [4.78, 5) is 43.6. The van der Waals surface area contributed by atoms with Crippen molar-refractivity contribution in [3.63, 3.8) is 0 Å². The van der Waals surface area contributed by atoms with E-state index in [0.29, 0.717) is 23.1 Å². The van der Waals surface area contributed by atoms with E-state index in [1.54, 1.807) is 54.8 Å². The lowest BCUT2D eigenvalue weighted by Crippen LogP contribution is -2.61. The topological polar surface area (TPSA) is 79.4 Å². The smallest absolute Gasteiger partial charge is 0.411 e. The zero-order valence-electron chi connectivity index (χ0n) is 20.9. The van der Waals surface area contributed by atoms with Gasteiger partial charge in [0.25, 0.3) is 0 Å². The van der Waals surface area contributed by atoms with Crippen molar-refractivity contribution in [2.75, 3.05) is 26.7 Å². The predicted octanol–water partition coefficient (Wildman–Crippen LogP) is 5.21. The maximum atomic E-state index is 13.7. The van der Waals surface area contributed by atoms with E-state index >= 15 is 0 Å². The fourth-order valence-electron chi connectivity index (χ4n) is 3.94. The van der Waals surface area contributed by atoms with Crippen molar-refractivity contribution in [2.45, 2.75) is 45.5 Å². The lowest BCUT2D eigenvalue weighted by atomic mass is 10.1. The Morgan fingerprint density at radius 1 is 0.972 bits per heavy atom. The quantitative estimate of drug-likeness (QED) is 0.491. The average Bonchev–Trinajstić information content (AvgIpc) is 2.81. The van der Waals surface area contributed by atoms with Crippen LogP contribution in [0.4, 0.5) is 9.59 Å². The Kier molecular flexibility index (Phi) is 9.08. The van der Waals surface area contributed by atoms with E-state index in [0.717, 1.165) is 11.1 Å². The summed E-state index contributed by atoms with van der Waals surface area (Å²) in [5.41, 5.74) is 0.986.